The van der Waals surface area contributed by atoms with Crippen molar-refractivity contribution in [3.8, 4) is 5.75 Å². The maximum Gasteiger partial charge on any atom is 0.319 e. The highest BCUT2D eigenvalue weighted by molar-refractivity contribution is 5.89. The van der Waals surface area contributed by atoms with Crippen molar-refractivity contribution < 1.29 is 18.7 Å². The molecule has 2 aliphatic rings. The minimum Gasteiger partial charge on any atom is -0.487 e. The highest BCUT2D eigenvalue weighted by Gasteiger charge is 2.19. The van der Waals surface area contributed by atoms with Gasteiger partial charge in [-0.2, -0.15) is 0 Å². The number of hydrogen-bond donors (Lipinski definition) is 2. The van der Waals surface area contributed by atoms with Crippen molar-refractivity contribution in [3.63, 3.8) is 0 Å². The van der Waals surface area contributed by atoms with E-state index in [2.05, 4.69) is 15.5 Å². The average Bonchev–Trinajstić information content (AvgIpc) is 3.11. The molecule has 0 radical (unpaired) electrons. The second-order valence-corrected chi connectivity index (χ2v) is 7.08. The zero-order chi connectivity index (χ0) is 18.4. The fraction of sp³-hybridized carbons (Fsp3) is 0.632. The molecule has 1 saturated heterocycles. The summed E-state index contributed by atoms with van der Waals surface area (Å²) in [6, 6.07) is 4.20. The third-order valence-corrected chi connectivity index (χ3v) is 4.80. The van der Waals surface area contributed by atoms with Gasteiger partial charge in [-0.3, -0.25) is 4.90 Å². The van der Waals surface area contributed by atoms with E-state index in [1.807, 2.05) is 6.92 Å². The number of urea groups is 1. The van der Waals surface area contributed by atoms with Gasteiger partial charge in [-0.1, -0.05) is 0 Å². The van der Waals surface area contributed by atoms with Crippen LogP contribution in [0.2, 0.25) is 0 Å². The average molecular weight is 365 g/mol. The van der Waals surface area contributed by atoms with E-state index in [0.717, 1.165) is 58.5 Å². The Morgan fingerprint density at radius 3 is 2.77 bits per heavy atom. The van der Waals surface area contributed by atoms with E-state index in [9.17, 15) is 9.18 Å². The normalized spacial score (nSPS) is 19.9. The van der Waals surface area contributed by atoms with Crippen LogP contribution in [0.5, 0.6) is 5.75 Å². The summed E-state index contributed by atoms with van der Waals surface area (Å²) in [4.78, 5) is 14.4. The zero-order valence-electron chi connectivity index (χ0n) is 15.3. The molecule has 2 fully saturated rings. The molecule has 1 aromatic rings. The zero-order valence-corrected chi connectivity index (χ0v) is 15.3. The van der Waals surface area contributed by atoms with Crippen molar-refractivity contribution in [1.29, 1.82) is 0 Å². The van der Waals surface area contributed by atoms with E-state index in [0.29, 0.717) is 5.69 Å². The Morgan fingerprint density at radius 1 is 1.35 bits per heavy atom. The molecule has 1 aliphatic heterocycles. The number of anilines is 1. The minimum atomic E-state index is -0.448. The first-order chi connectivity index (χ1) is 12.6. The summed E-state index contributed by atoms with van der Waals surface area (Å²) in [5.41, 5.74) is 0.414. The lowest BCUT2D eigenvalue weighted by molar-refractivity contribution is 0.0350. The third-order valence-electron chi connectivity index (χ3n) is 4.80. The molecule has 2 N–H and O–H groups in total. The molecule has 1 atom stereocenters. The molecule has 2 amide bonds. The molecule has 0 spiro atoms. The fourth-order valence-corrected chi connectivity index (χ4v) is 3.47. The summed E-state index contributed by atoms with van der Waals surface area (Å²) in [6.07, 6.45) is 4.32. The van der Waals surface area contributed by atoms with Crippen molar-refractivity contribution >= 4 is 11.7 Å². The Labute approximate surface area is 154 Å². The maximum atomic E-state index is 14.2. The van der Waals surface area contributed by atoms with Crippen LogP contribution in [0.15, 0.2) is 18.2 Å². The van der Waals surface area contributed by atoms with Crippen molar-refractivity contribution in [2.75, 3.05) is 38.2 Å². The summed E-state index contributed by atoms with van der Waals surface area (Å²) in [5, 5.41) is 5.57. The van der Waals surface area contributed by atoms with Gasteiger partial charge in [0, 0.05) is 37.4 Å². The van der Waals surface area contributed by atoms with Crippen molar-refractivity contribution in [2.45, 2.75) is 44.8 Å². The standard InChI is InChI=1S/C19H28FN3O3/c1-14(13-23-8-10-25-11-9-23)21-19(24)22-15-6-7-18(17(20)12-15)26-16-4-2-3-5-16/h6-7,12,14,16H,2-5,8-11,13H2,1H3,(H2,21,22,24). The molecular formula is C19H28FN3O3. The van der Waals surface area contributed by atoms with E-state index in [4.69, 9.17) is 9.47 Å². The summed E-state index contributed by atoms with van der Waals surface area (Å²) in [7, 11) is 0. The van der Waals surface area contributed by atoms with Crippen LogP contribution in [0.3, 0.4) is 0 Å². The van der Waals surface area contributed by atoms with Crippen LogP contribution in [-0.4, -0.2) is 55.9 Å². The van der Waals surface area contributed by atoms with E-state index in [-0.39, 0.29) is 23.9 Å². The second-order valence-electron chi connectivity index (χ2n) is 7.08. The van der Waals surface area contributed by atoms with Crippen molar-refractivity contribution in [2.24, 2.45) is 0 Å². The smallest absolute Gasteiger partial charge is 0.319 e. The highest BCUT2D eigenvalue weighted by Crippen LogP contribution is 2.27. The van der Waals surface area contributed by atoms with Gasteiger partial charge in [0.2, 0.25) is 0 Å². The number of hydrogen-bond acceptors (Lipinski definition) is 4. The minimum absolute atomic E-state index is 0.0112. The molecule has 26 heavy (non-hydrogen) atoms. The lowest BCUT2D eigenvalue weighted by Gasteiger charge is -2.29. The Morgan fingerprint density at radius 2 is 2.08 bits per heavy atom. The van der Waals surface area contributed by atoms with Crippen LogP contribution in [0.4, 0.5) is 14.9 Å². The first-order valence-corrected chi connectivity index (χ1v) is 9.44. The largest absolute Gasteiger partial charge is 0.487 e. The van der Waals surface area contributed by atoms with Gasteiger partial charge in [0.05, 0.1) is 19.3 Å². The molecule has 144 valence electrons. The van der Waals surface area contributed by atoms with Crippen LogP contribution in [-0.2, 0) is 4.74 Å². The van der Waals surface area contributed by atoms with Gasteiger partial charge in [0.25, 0.3) is 0 Å². The van der Waals surface area contributed by atoms with Gasteiger partial charge in [0.1, 0.15) is 0 Å². The molecule has 6 nitrogen and oxygen atoms in total. The number of rotatable bonds is 6. The van der Waals surface area contributed by atoms with Crippen LogP contribution in [0.1, 0.15) is 32.6 Å². The van der Waals surface area contributed by atoms with Gasteiger partial charge in [-0.15, -0.1) is 0 Å². The number of carbonyl (C=O) groups is 1. The Hall–Kier alpha value is -1.86. The van der Waals surface area contributed by atoms with E-state index < -0.39 is 5.82 Å². The van der Waals surface area contributed by atoms with Crippen LogP contribution >= 0.6 is 0 Å². The first kappa shape index (κ1) is 18.9. The highest BCUT2D eigenvalue weighted by atomic mass is 19.1. The molecule has 0 aromatic heterocycles. The Kier molecular flexibility index (Phi) is 6.68. The lowest BCUT2D eigenvalue weighted by Crippen LogP contribution is -2.47. The summed E-state index contributed by atoms with van der Waals surface area (Å²) < 4.78 is 25.2. The number of morpholine rings is 1. The van der Waals surface area contributed by atoms with Gasteiger partial charge >= 0.3 is 6.03 Å². The van der Waals surface area contributed by atoms with Crippen LogP contribution in [0, 0.1) is 5.82 Å². The third kappa shape index (κ3) is 5.57. The number of carbonyl (C=O) groups excluding carboxylic acids is 1. The fourth-order valence-electron chi connectivity index (χ4n) is 3.47. The monoisotopic (exact) mass is 365 g/mol. The summed E-state index contributed by atoms with van der Waals surface area (Å²) in [5.74, 6) is -0.195. The maximum absolute atomic E-state index is 14.2. The predicted molar refractivity (Wildman–Crippen MR) is 98.2 cm³/mol. The topological polar surface area (TPSA) is 62.8 Å². The quantitative estimate of drug-likeness (QED) is 0.814. The van der Waals surface area contributed by atoms with E-state index in [1.54, 1.807) is 12.1 Å². The first-order valence-electron chi connectivity index (χ1n) is 9.44. The Bertz CT molecular complexity index is 602. The van der Waals surface area contributed by atoms with Crippen molar-refractivity contribution in [3.05, 3.63) is 24.0 Å². The lowest BCUT2D eigenvalue weighted by atomic mass is 10.2. The molecule has 1 heterocycles. The number of ether oxygens (including phenoxy) is 2. The molecule has 1 aromatic carbocycles. The molecule has 0 bridgehead atoms. The molecule has 1 aliphatic carbocycles. The number of benzene rings is 1. The van der Waals surface area contributed by atoms with Crippen LogP contribution < -0.4 is 15.4 Å². The SMILES string of the molecule is CC(CN1CCOCC1)NC(=O)Nc1ccc(OC2CCCC2)c(F)c1. The second kappa shape index (κ2) is 9.19. The van der Waals surface area contributed by atoms with Gasteiger partial charge in [-0.05, 0) is 44.7 Å². The van der Waals surface area contributed by atoms with E-state index in [1.165, 1.54) is 6.07 Å². The number of halogens is 1. The molecule has 7 heteroatoms. The van der Waals surface area contributed by atoms with Gasteiger partial charge in [0.15, 0.2) is 11.6 Å². The summed E-state index contributed by atoms with van der Waals surface area (Å²) >= 11 is 0. The van der Waals surface area contributed by atoms with Crippen LogP contribution in [0.25, 0.3) is 0 Å². The van der Waals surface area contributed by atoms with Gasteiger partial charge < -0.3 is 20.1 Å². The molecule has 3 rings (SSSR count). The summed E-state index contributed by atoms with van der Waals surface area (Å²) in [6.45, 7) is 5.93. The van der Waals surface area contributed by atoms with E-state index >= 15 is 0 Å². The Balaban J connectivity index is 1.46. The number of amides is 2. The molecule has 1 unspecified atom stereocenters. The predicted octanol–water partition coefficient (Wildman–Crippen LogP) is 2.99. The van der Waals surface area contributed by atoms with Gasteiger partial charge in [-0.25, -0.2) is 9.18 Å². The number of nitrogens with one attached hydrogen (secondary N) is 2. The molecular weight excluding hydrogens is 337 g/mol. The molecule has 1 saturated carbocycles. The van der Waals surface area contributed by atoms with Crippen molar-refractivity contribution in [1.82, 2.24) is 10.2 Å². The number of nitrogens with zero attached hydrogens (tertiary/aromatic N) is 1.